The normalized spacial score (nSPS) is 10.6. The lowest BCUT2D eigenvalue weighted by Gasteiger charge is -2.13. The number of hydrogen-bond acceptors (Lipinski definition) is 4. The number of fused-ring (bicyclic) bond motifs is 1. The minimum absolute atomic E-state index is 0.189. The first kappa shape index (κ1) is 16.9. The molecule has 1 aromatic heterocycles. The third kappa shape index (κ3) is 3.31. The number of rotatable bonds is 6. The Morgan fingerprint density at radius 1 is 1.17 bits per heavy atom. The lowest BCUT2D eigenvalue weighted by Crippen LogP contribution is -2.27. The van der Waals surface area contributed by atoms with Crippen molar-refractivity contribution < 1.29 is 14.3 Å². The maximum atomic E-state index is 12.5. The zero-order valence-corrected chi connectivity index (χ0v) is 13.9. The van der Waals surface area contributed by atoms with E-state index in [1.54, 1.807) is 25.4 Å². The Balaban J connectivity index is 2.62. The minimum Gasteiger partial charge on any atom is -0.493 e. The van der Waals surface area contributed by atoms with E-state index in [4.69, 9.17) is 9.47 Å². The highest BCUT2D eigenvalue weighted by Crippen LogP contribution is 2.32. The molecule has 1 N–H and O–H groups in total. The largest absolute Gasteiger partial charge is 0.493 e. The minimum atomic E-state index is -0.203. The summed E-state index contributed by atoms with van der Waals surface area (Å²) in [5.41, 5.74) is 0.255. The molecule has 2 aromatic rings. The van der Waals surface area contributed by atoms with Crippen LogP contribution in [-0.4, -0.2) is 31.2 Å². The molecule has 0 radical (unpaired) electrons. The number of nitrogens with one attached hydrogen (secondary N) is 1. The maximum Gasteiger partial charge on any atom is 0.258 e. The van der Waals surface area contributed by atoms with Crippen molar-refractivity contribution >= 4 is 16.7 Å². The van der Waals surface area contributed by atoms with Crippen LogP contribution in [0.25, 0.3) is 10.8 Å². The van der Waals surface area contributed by atoms with Crippen LogP contribution in [0, 0.1) is 0 Å². The fourth-order valence-corrected chi connectivity index (χ4v) is 2.45. The van der Waals surface area contributed by atoms with E-state index in [-0.39, 0.29) is 11.5 Å². The van der Waals surface area contributed by atoms with Crippen molar-refractivity contribution in [3.8, 4) is 11.5 Å². The van der Waals surface area contributed by atoms with E-state index >= 15 is 0 Å². The molecule has 0 saturated carbocycles. The third-order valence-electron chi connectivity index (χ3n) is 3.75. The van der Waals surface area contributed by atoms with Crippen LogP contribution >= 0.6 is 0 Å². The van der Waals surface area contributed by atoms with Crippen LogP contribution in [0.2, 0.25) is 0 Å². The van der Waals surface area contributed by atoms with Gasteiger partial charge in [0.1, 0.15) is 0 Å². The van der Waals surface area contributed by atoms with Gasteiger partial charge >= 0.3 is 0 Å². The maximum absolute atomic E-state index is 12.5. The van der Waals surface area contributed by atoms with Gasteiger partial charge in [0, 0.05) is 25.2 Å². The molecular formula is C17H22N2O4. The first-order chi connectivity index (χ1) is 11.0. The molecule has 23 heavy (non-hydrogen) atoms. The summed E-state index contributed by atoms with van der Waals surface area (Å²) >= 11 is 0. The average molecular weight is 318 g/mol. The van der Waals surface area contributed by atoms with Crippen LogP contribution in [-0.2, 0) is 7.05 Å². The van der Waals surface area contributed by atoms with Crippen LogP contribution in [0.4, 0.5) is 0 Å². The summed E-state index contributed by atoms with van der Waals surface area (Å²) < 4.78 is 11.9. The van der Waals surface area contributed by atoms with Crippen LogP contribution in [0.15, 0.2) is 23.1 Å². The Bertz CT molecular complexity index is 780. The number of benzene rings is 1. The highest BCUT2D eigenvalue weighted by atomic mass is 16.5. The van der Waals surface area contributed by atoms with Gasteiger partial charge in [0.2, 0.25) is 0 Å². The van der Waals surface area contributed by atoms with Gasteiger partial charge in [-0.1, -0.05) is 13.3 Å². The van der Waals surface area contributed by atoms with Gasteiger partial charge in [-0.3, -0.25) is 9.59 Å². The van der Waals surface area contributed by atoms with Gasteiger partial charge in [-0.25, -0.2) is 0 Å². The number of pyridine rings is 1. The van der Waals surface area contributed by atoms with Crippen LogP contribution in [0.5, 0.6) is 11.5 Å². The number of methoxy groups -OCH3 is 2. The second-order valence-corrected chi connectivity index (χ2v) is 5.32. The van der Waals surface area contributed by atoms with Gasteiger partial charge in [-0.15, -0.1) is 0 Å². The van der Waals surface area contributed by atoms with Crippen molar-refractivity contribution in [1.82, 2.24) is 9.88 Å². The van der Waals surface area contributed by atoms with Gasteiger partial charge in [0.05, 0.1) is 25.2 Å². The monoisotopic (exact) mass is 318 g/mol. The van der Waals surface area contributed by atoms with E-state index in [1.165, 1.54) is 18.8 Å². The van der Waals surface area contributed by atoms with Crippen LogP contribution in [0.1, 0.15) is 30.1 Å². The van der Waals surface area contributed by atoms with Crippen molar-refractivity contribution in [1.29, 1.82) is 0 Å². The molecule has 0 spiro atoms. The van der Waals surface area contributed by atoms with Crippen LogP contribution < -0.4 is 20.3 Å². The second-order valence-electron chi connectivity index (χ2n) is 5.32. The summed E-state index contributed by atoms with van der Waals surface area (Å²) in [6.07, 6.45) is 3.46. The molecular weight excluding hydrogens is 296 g/mol. The van der Waals surface area contributed by atoms with Gasteiger partial charge in [-0.05, 0) is 18.6 Å². The number of carbonyl (C=O) groups excluding carboxylic acids is 1. The average Bonchev–Trinajstić information content (AvgIpc) is 2.56. The molecule has 0 saturated heterocycles. The van der Waals surface area contributed by atoms with E-state index in [1.807, 2.05) is 0 Å². The molecule has 1 aromatic carbocycles. The Labute approximate surface area is 135 Å². The van der Waals surface area contributed by atoms with E-state index in [2.05, 4.69) is 12.2 Å². The van der Waals surface area contributed by atoms with Crippen molar-refractivity contribution in [2.24, 2.45) is 7.05 Å². The first-order valence-electron chi connectivity index (χ1n) is 7.57. The van der Waals surface area contributed by atoms with Crippen molar-refractivity contribution in [2.45, 2.75) is 19.8 Å². The lowest BCUT2D eigenvalue weighted by molar-refractivity contribution is 0.0954. The smallest absolute Gasteiger partial charge is 0.258 e. The van der Waals surface area contributed by atoms with Crippen LogP contribution in [0.3, 0.4) is 0 Å². The first-order valence-corrected chi connectivity index (χ1v) is 7.57. The fraction of sp³-hybridized carbons (Fsp3) is 0.412. The summed E-state index contributed by atoms with van der Waals surface area (Å²) in [5, 5.41) is 3.86. The summed E-state index contributed by atoms with van der Waals surface area (Å²) in [7, 11) is 4.66. The number of ether oxygens (including phenoxy) is 2. The second kappa shape index (κ2) is 7.17. The molecule has 1 heterocycles. The number of aryl methyl sites for hydroxylation is 1. The van der Waals surface area contributed by atoms with Gasteiger partial charge in [0.15, 0.2) is 11.5 Å². The van der Waals surface area contributed by atoms with Gasteiger partial charge in [0.25, 0.3) is 11.5 Å². The quantitative estimate of drug-likeness (QED) is 0.828. The van der Waals surface area contributed by atoms with E-state index in [0.717, 1.165) is 12.8 Å². The summed E-state index contributed by atoms with van der Waals surface area (Å²) in [5.74, 6) is 0.739. The molecule has 0 aliphatic rings. The molecule has 0 aliphatic carbocycles. The molecule has 2 rings (SSSR count). The molecule has 6 heteroatoms. The topological polar surface area (TPSA) is 69.6 Å². The molecule has 0 fully saturated rings. The standard InChI is InChI=1S/C17H22N2O4/c1-5-6-7-18-16(20)13-10-19(2)17(21)12-9-15(23-4)14(22-3)8-11(12)13/h8-10H,5-7H2,1-4H3,(H,18,20). The number of unbranched alkanes of at least 4 members (excludes halogenated alkanes) is 1. The molecule has 1 amide bonds. The van der Waals surface area contributed by atoms with Crippen molar-refractivity contribution in [3.05, 3.63) is 34.2 Å². The summed E-state index contributed by atoms with van der Waals surface area (Å²) in [6, 6.07) is 3.28. The Morgan fingerprint density at radius 3 is 2.35 bits per heavy atom. The predicted octanol–water partition coefficient (Wildman–Crippen LogP) is 2.09. The van der Waals surface area contributed by atoms with Gasteiger partial charge in [-0.2, -0.15) is 0 Å². The predicted molar refractivity (Wildman–Crippen MR) is 89.5 cm³/mol. The molecule has 0 unspecified atom stereocenters. The summed E-state index contributed by atoms with van der Waals surface area (Å²) in [4.78, 5) is 24.8. The van der Waals surface area contributed by atoms with Crippen molar-refractivity contribution in [2.75, 3.05) is 20.8 Å². The van der Waals surface area contributed by atoms with E-state index in [9.17, 15) is 9.59 Å². The number of nitrogens with zero attached hydrogens (tertiary/aromatic N) is 1. The highest BCUT2D eigenvalue weighted by Gasteiger charge is 2.17. The summed E-state index contributed by atoms with van der Waals surface area (Å²) in [6.45, 7) is 2.66. The number of aromatic nitrogens is 1. The zero-order chi connectivity index (χ0) is 17.0. The number of hydrogen-bond donors (Lipinski definition) is 1. The molecule has 0 aliphatic heterocycles. The van der Waals surface area contributed by atoms with E-state index < -0.39 is 0 Å². The molecule has 0 atom stereocenters. The lowest BCUT2D eigenvalue weighted by atomic mass is 10.1. The van der Waals surface area contributed by atoms with E-state index in [0.29, 0.717) is 34.4 Å². The Hall–Kier alpha value is -2.50. The number of amides is 1. The van der Waals surface area contributed by atoms with Gasteiger partial charge < -0.3 is 19.4 Å². The SMILES string of the molecule is CCCCNC(=O)c1cn(C)c(=O)c2cc(OC)c(OC)cc12. The molecule has 6 nitrogen and oxygen atoms in total. The van der Waals surface area contributed by atoms with Crippen molar-refractivity contribution in [3.63, 3.8) is 0 Å². The number of carbonyl (C=O) groups is 1. The fourth-order valence-electron chi connectivity index (χ4n) is 2.45. The Morgan fingerprint density at radius 2 is 1.78 bits per heavy atom. The highest BCUT2D eigenvalue weighted by molar-refractivity contribution is 6.07. The zero-order valence-electron chi connectivity index (χ0n) is 13.9. The Kier molecular flexibility index (Phi) is 5.26. The molecule has 124 valence electrons. The third-order valence-corrected chi connectivity index (χ3v) is 3.75. The molecule has 0 bridgehead atoms.